The fourth-order valence-electron chi connectivity index (χ4n) is 6.21. The number of anilines is 2. The van der Waals surface area contributed by atoms with Crippen LogP contribution in [-0.4, -0.2) is 63.9 Å². The van der Waals surface area contributed by atoms with Crippen LogP contribution in [0.4, 0.5) is 11.5 Å². The Kier molecular flexibility index (Phi) is 6.01. The molecule has 208 valence electrons. The standard InChI is InChI=1S/C31H31N7O3/c1-36(2)17-25-19(18-4-9-28(39)37(3)16-18)6-8-27(35-25)34-24-7-5-20(22-14-32-31(40)29(22)24)23-15-33-38-12-10-26-21(30(23)38)11-13-41-26/h5-8,10-13,15,18H,4,9,14,16-17H2,1-3H3,(H,32,40)(H,34,35). The molecule has 0 radical (unpaired) electrons. The fraction of sp³-hybridized carbons (Fsp3) is 0.290. The molecule has 4 aromatic heterocycles. The second kappa shape index (κ2) is 9.74. The molecule has 7 rings (SSSR count). The van der Waals surface area contributed by atoms with Crippen molar-refractivity contribution in [2.45, 2.75) is 31.8 Å². The van der Waals surface area contributed by atoms with Gasteiger partial charge in [-0.2, -0.15) is 5.10 Å². The number of hydrogen-bond donors (Lipinski definition) is 2. The second-order valence-corrected chi connectivity index (χ2v) is 11.2. The van der Waals surface area contributed by atoms with Gasteiger partial charge >= 0.3 is 0 Å². The van der Waals surface area contributed by atoms with Crippen molar-refractivity contribution in [1.82, 2.24) is 29.7 Å². The number of amides is 2. The van der Waals surface area contributed by atoms with Gasteiger partial charge in [-0.05, 0) is 61.5 Å². The number of aromatic nitrogens is 3. The molecule has 1 aromatic carbocycles. The zero-order chi connectivity index (χ0) is 28.2. The SMILES string of the molecule is CN(C)Cc1nc(Nc2ccc(-c3cnn4ccc5occc5c34)c3c2C(=O)NC3)ccc1C1CCC(=O)N(C)C1. The summed E-state index contributed by atoms with van der Waals surface area (Å²) >= 11 is 0. The van der Waals surface area contributed by atoms with Crippen LogP contribution >= 0.6 is 0 Å². The Morgan fingerprint density at radius 3 is 2.83 bits per heavy atom. The van der Waals surface area contributed by atoms with Crippen LogP contribution in [0.25, 0.3) is 27.6 Å². The number of pyridine rings is 2. The molecule has 10 heteroatoms. The van der Waals surface area contributed by atoms with Gasteiger partial charge in [0.15, 0.2) is 0 Å². The van der Waals surface area contributed by atoms with Gasteiger partial charge in [0.25, 0.3) is 5.91 Å². The van der Waals surface area contributed by atoms with E-state index in [-0.39, 0.29) is 17.7 Å². The summed E-state index contributed by atoms with van der Waals surface area (Å²) in [5, 5.41) is 12.0. The smallest absolute Gasteiger partial charge is 0.254 e. The number of nitrogens with zero attached hydrogens (tertiary/aromatic N) is 5. The summed E-state index contributed by atoms with van der Waals surface area (Å²) in [5.74, 6) is 0.998. The highest BCUT2D eigenvalue weighted by Gasteiger charge is 2.29. The molecule has 41 heavy (non-hydrogen) atoms. The molecule has 2 N–H and O–H groups in total. The maximum absolute atomic E-state index is 13.1. The Labute approximate surface area is 236 Å². The lowest BCUT2D eigenvalue weighted by atomic mass is 9.89. The molecule has 10 nitrogen and oxygen atoms in total. The maximum Gasteiger partial charge on any atom is 0.254 e. The molecule has 0 saturated carbocycles. The van der Waals surface area contributed by atoms with E-state index in [1.165, 1.54) is 5.56 Å². The largest absolute Gasteiger partial charge is 0.464 e. The number of fused-ring (bicyclic) bond motifs is 4. The van der Waals surface area contributed by atoms with Gasteiger partial charge in [0.05, 0.1) is 34.9 Å². The van der Waals surface area contributed by atoms with Crippen molar-refractivity contribution in [2.75, 3.05) is 33.0 Å². The zero-order valence-corrected chi connectivity index (χ0v) is 23.3. The highest BCUT2D eigenvalue weighted by atomic mass is 16.3. The molecule has 1 fully saturated rings. The maximum atomic E-state index is 13.1. The van der Waals surface area contributed by atoms with E-state index >= 15 is 0 Å². The van der Waals surface area contributed by atoms with Crippen LogP contribution in [0.15, 0.2) is 59.5 Å². The minimum Gasteiger partial charge on any atom is -0.464 e. The monoisotopic (exact) mass is 549 g/mol. The number of likely N-dealkylation sites (tertiary alicyclic amines) is 1. The number of benzene rings is 1. The van der Waals surface area contributed by atoms with Gasteiger partial charge in [0.1, 0.15) is 11.4 Å². The predicted octanol–water partition coefficient (Wildman–Crippen LogP) is 4.53. The minimum atomic E-state index is -0.116. The van der Waals surface area contributed by atoms with Gasteiger partial charge in [0.2, 0.25) is 5.91 Å². The van der Waals surface area contributed by atoms with Crippen molar-refractivity contribution >= 4 is 39.8 Å². The van der Waals surface area contributed by atoms with Gasteiger partial charge in [-0.25, -0.2) is 9.50 Å². The van der Waals surface area contributed by atoms with Crippen LogP contribution in [0.2, 0.25) is 0 Å². The van der Waals surface area contributed by atoms with Crippen LogP contribution in [0.5, 0.6) is 0 Å². The number of hydrogen-bond acceptors (Lipinski definition) is 7. The Morgan fingerprint density at radius 2 is 2.00 bits per heavy atom. The number of furan rings is 1. The number of nitrogens with one attached hydrogen (secondary N) is 2. The third kappa shape index (κ3) is 4.31. The minimum absolute atomic E-state index is 0.116. The van der Waals surface area contributed by atoms with Crippen molar-refractivity contribution in [3.8, 4) is 11.1 Å². The topological polar surface area (TPSA) is 108 Å². The normalized spacial score (nSPS) is 17.1. The number of piperidine rings is 1. The van der Waals surface area contributed by atoms with Crippen LogP contribution in [0.1, 0.15) is 45.9 Å². The Balaban J connectivity index is 1.26. The Morgan fingerprint density at radius 1 is 1.12 bits per heavy atom. The number of likely N-dealkylation sites (N-methyl/N-ethyl adjacent to an activating group) is 1. The molecular weight excluding hydrogens is 518 g/mol. The average molecular weight is 550 g/mol. The molecule has 1 unspecified atom stereocenters. The average Bonchev–Trinajstić information content (AvgIpc) is 3.69. The van der Waals surface area contributed by atoms with Crippen LogP contribution in [0, 0.1) is 0 Å². The van der Waals surface area contributed by atoms with E-state index in [9.17, 15) is 9.59 Å². The van der Waals surface area contributed by atoms with Gasteiger partial charge in [-0.15, -0.1) is 0 Å². The van der Waals surface area contributed by atoms with Crippen LogP contribution in [-0.2, 0) is 17.9 Å². The third-order valence-electron chi connectivity index (χ3n) is 8.17. The summed E-state index contributed by atoms with van der Waals surface area (Å²) in [6, 6.07) is 11.9. The second-order valence-electron chi connectivity index (χ2n) is 11.2. The van der Waals surface area contributed by atoms with Gasteiger partial charge < -0.3 is 24.9 Å². The summed E-state index contributed by atoms with van der Waals surface area (Å²) in [4.78, 5) is 34.1. The third-order valence-corrected chi connectivity index (χ3v) is 8.17. The van der Waals surface area contributed by atoms with Crippen LogP contribution in [0.3, 0.4) is 0 Å². The first-order chi connectivity index (χ1) is 19.9. The highest BCUT2D eigenvalue weighted by molar-refractivity contribution is 6.08. The molecule has 1 atom stereocenters. The molecule has 5 aromatic rings. The molecular formula is C31H31N7O3. The summed E-state index contributed by atoms with van der Waals surface area (Å²) in [5.41, 5.74) is 8.04. The summed E-state index contributed by atoms with van der Waals surface area (Å²) in [6.45, 7) is 1.80. The van der Waals surface area contributed by atoms with E-state index in [0.717, 1.165) is 45.3 Å². The lowest BCUT2D eigenvalue weighted by molar-refractivity contribution is -0.132. The predicted molar refractivity (Wildman–Crippen MR) is 156 cm³/mol. The summed E-state index contributed by atoms with van der Waals surface area (Å²) in [7, 11) is 5.91. The van der Waals surface area contributed by atoms with E-state index < -0.39 is 0 Å². The Hall–Kier alpha value is -4.70. The van der Waals surface area contributed by atoms with E-state index in [4.69, 9.17) is 9.40 Å². The van der Waals surface area contributed by atoms with Gasteiger partial charge in [-0.3, -0.25) is 9.59 Å². The Bertz CT molecular complexity index is 1840. The zero-order valence-electron chi connectivity index (χ0n) is 23.3. The van der Waals surface area contributed by atoms with E-state index in [0.29, 0.717) is 43.1 Å². The molecule has 6 heterocycles. The number of carbonyl (C=O) groups is 2. The molecule has 0 bridgehead atoms. The van der Waals surface area contributed by atoms with E-state index in [1.807, 2.05) is 73.3 Å². The molecule has 1 saturated heterocycles. The quantitative estimate of drug-likeness (QED) is 0.321. The van der Waals surface area contributed by atoms with Crippen LogP contribution < -0.4 is 10.6 Å². The van der Waals surface area contributed by atoms with Crippen molar-refractivity contribution in [2.24, 2.45) is 0 Å². The summed E-state index contributed by atoms with van der Waals surface area (Å²) < 4.78 is 7.47. The van der Waals surface area contributed by atoms with Crippen molar-refractivity contribution in [3.05, 3.63) is 77.4 Å². The van der Waals surface area contributed by atoms with Crippen molar-refractivity contribution < 1.29 is 14.0 Å². The first-order valence-electron chi connectivity index (χ1n) is 13.8. The molecule has 2 aliphatic heterocycles. The van der Waals surface area contributed by atoms with E-state index in [1.54, 1.807) is 6.26 Å². The first kappa shape index (κ1) is 25.3. The van der Waals surface area contributed by atoms with E-state index in [2.05, 4.69) is 26.7 Å². The fourth-order valence-corrected chi connectivity index (χ4v) is 6.21. The van der Waals surface area contributed by atoms with Crippen molar-refractivity contribution in [1.29, 1.82) is 0 Å². The highest BCUT2D eigenvalue weighted by Crippen LogP contribution is 2.39. The molecule has 2 amide bonds. The lowest BCUT2D eigenvalue weighted by Gasteiger charge is -2.31. The molecule has 2 aliphatic rings. The first-order valence-corrected chi connectivity index (χ1v) is 13.8. The van der Waals surface area contributed by atoms with Gasteiger partial charge in [-0.1, -0.05) is 12.1 Å². The summed E-state index contributed by atoms with van der Waals surface area (Å²) in [6.07, 6.45) is 6.78. The lowest BCUT2D eigenvalue weighted by Crippen LogP contribution is -2.36. The number of carbonyl (C=O) groups excluding carboxylic acids is 2. The van der Waals surface area contributed by atoms with Crippen molar-refractivity contribution in [3.63, 3.8) is 0 Å². The van der Waals surface area contributed by atoms with Gasteiger partial charge in [0, 0.05) is 56.2 Å². The number of rotatable bonds is 6. The molecule has 0 aliphatic carbocycles. The molecule has 0 spiro atoms.